The van der Waals surface area contributed by atoms with E-state index in [1.54, 1.807) is 0 Å². The van der Waals surface area contributed by atoms with Crippen molar-refractivity contribution >= 4 is 11.8 Å². The first-order valence-electron chi connectivity index (χ1n) is 7.22. The van der Waals surface area contributed by atoms with Crippen molar-refractivity contribution in [3.8, 4) is 0 Å². The molecule has 2 aliphatic rings. The third-order valence-corrected chi connectivity index (χ3v) is 6.23. The van der Waals surface area contributed by atoms with Crippen LogP contribution in [0, 0.1) is 5.92 Å². The van der Waals surface area contributed by atoms with Gasteiger partial charge in [-0.3, -0.25) is 4.90 Å². The summed E-state index contributed by atoms with van der Waals surface area (Å²) in [5.41, 5.74) is 6.49. The molecule has 1 saturated heterocycles. The van der Waals surface area contributed by atoms with Crippen molar-refractivity contribution in [3.63, 3.8) is 0 Å². The van der Waals surface area contributed by atoms with E-state index in [0.717, 1.165) is 18.5 Å². The van der Waals surface area contributed by atoms with Crippen LogP contribution in [0.3, 0.4) is 0 Å². The maximum absolute atomic E-state index is 6.18. The van der Waals surface area contributed by atoms with E-state index in [0.29, 0.717) is 5.54 Å². The van der Waals surface area contributed by atoms with Gasteiger partial charge in [-0.15, -0.1) is 0 Å². The average molecular weight is 256 g/mol. The molecule has 0 radical (unpaired) electrons. The summed E-state index contributed by atoms with van der Waals surface area (Å²) < 4.78 is 0. The first-order chi connectivity index (χ1) is 8.22. The Bertz CT molecular complexity index is 240. The maximum atomic E-state index is 6.18. The number of nitrogens with zero attached hydrogens (tertiary/aromatic N) is 1. The molecule has 0 bridgehead atoms. The molecule has 0 aromatic carbocycles. The molecule has 3 atom stereocenters. The first-order valence-corrected chi connectivity index (χ1v) is 8.38. The van der Waals surface area contributed by atoms with Crippen LogP contribution in [-0.2, 0) is 0 Å². The Hall–Kier alpha value is 0.270. The van der Waals surface area contributed by atoms with Crippen molar-refractivity contribution in [1.29, 1.82) is 0 Å². The molecule has 2 fully saturated rings. The highest BCUT2D eigenvalue weighted by Gasteiger charge is 2.41. The van der Waals surface area contributed by atoms with Gasteiger partial charge in [0.25, 0.3) is 0 Å². The molecule has 3 unspecified atom stereocenters. The fourth-order valence-corrected chi connectivity index (χ4v) is 4.94. The zero-order valence-electron chi connectivity index (χ0n) is 11.5. The van der Waals surface area contributed by atoms with E-state index in [1.165, 1.54) is 50.0 Å². The molecule has 2 N–H and O–H groups in total. The molecular formula is C14H28N2S. The molecular weight excluding hydrogens is 228 g/mol. The zero-order valence-corrected chi connectivity index (χ0v) is 12.3. The minimum absolute atomic E-state index is 0.314. The molecule has 1 aliphatic carbocycles. The molecule has 17 heavy (non-hydrogen) atoms. The highest BCUT2D eigenvalue weighted by molar-refractivity contribution is 7.99. The molecule has 1 saturated carbocycles. The molecule has 0 aromatic rings. The highest BCUT2D eigenvalue weighted by atomic mass is 32.2. The zero-order chi connectivity index (χ0) is 12.3. The van der Waals surface area contributed by atoms with Crippen LogP contribution in [0.1, 0.15) is 45.4 Å². The first kappa shape index (κ1) is 13.7. The van der Waals surface area contributed by atoms with E-state index in [1.807, 2.05) is 0 Å². The highest BCUT2D eigenvalue weighted by Crippen LogP contribution is 2.39. The Morgan fingerprint density at radius 1 is 1.41 bits per heavy atom. The Morgan fingerprint density at radius 3 is 2.82 bits per heavy atom. The van der Waals surface area contributed by atoms with Gasteiger partial charge in [0.1, 0.15) is 0 Å². The predicted octanol–water partition coefficient (Wildman–Crippen LogP) is 2.72. The van der Waals surface area contributed by atoms with Crippen molar-refractivity contribution in [2.45, 2.75) is 57.0 Å². The van der Waals surface area contributed by atoms with Crippen molar-refractivity contribution in [2.24, 2.45) is 11.7 Å². The molecule has 2 nitrogen and oxygen atoms in total. The molecule has 0 amide bonds. The lowest BCUT2D eigenvalue weighted by Crippen LogP contribution is -2.58. The number of likely N-dealkylation sites (N-methyl/N-ethyl adjacent to an activating group) is 1. The second-order valence-corrected chi connectivity index (χ2v) is 7.08. The number of hydrogen-bond donors (Lipinski definition) is 1. The molecule has 0 aromatic heterocycles. The van der Waals surface area contributed by atoms with E-state index in [2.05, 4.69) is 30.6 Å². The average Bonchev–Trinajstić information content (AvgIpc) is 2.91. The summed E-state index contributed by atoms with van der Waals surface area (Å²) in [6, 6.07) is 0.777. The van der Waals surface area contributed by atoms with E-state index in [4.69, 9.17) is 5.73 Å². The third kappa shape index (κ3) is 2.82. The van der Waals surface area contributed by atoms with Crippen molar-refractivity contribution in [3.05, 3.63) is 0 Å². The lowest BCUT2D eigenvalue weighted by molar-refractivity contribution is 0.0307. The van der Waals surface area contributed by atoms with Gasteiger partial charge < -0.3 is 5.73 Å². The second kappa shape index (κ2) is 5.94. The van der Waals surface area contributed by atoms with E-state index in [9.17, 15) is 0 Å². The number of nitrogens with two attached hydrogens (primary N) is 1. The van der Waals surface area contributed by atoms with Gasteiger partial charge in [0.2, 0.25) is 0 Å². The molecule has 2 rings (SSSR count). The van der Waals surface area contributed by atoms with Gasteiger partial charge in [-0.2, -0.15) is 11.8 Å². The van der Waals surface area contributed by atoms with Crippen molar-refractivity contribution in [2.75, 3.05) is 25.1 Å². The van der Waals surface area contributed by atoms with Gasteiger partial charge in [-0.25, -0.2) is 0 Å². The van der Waals surface area contributed by atoms with Crippen LogP contribution in [0.4, 0.5) is 0 Å². The summed E-state index contributed by atoms with van der Waals surface area (Å²) in [7, 11) is 2.33. The van der Waals surface area contributed by atoms with E-state index >= 15 is 0 Å². The minimum atomic E-state index is 0.314. The van der Waals surface area contributed by atoms with Crippen molar-refractivity contribution < 1.29 is 0 Å². The monoisotopic (exact) mass is 256 g/mol. The fraction of sp³-hybridized carbons (Fsp3) is 1.00. The van der Waals surface area contributed by atoms with Gasteiger partial charge in [0, 0.05) is 23.9 Å². The fourth-order valence-electron chi connectivity index (χ4n) is 3.67. The summed E-state index contributed by atoms with van der Waals surface area (Å²) in [6.07, 6.45) is 8.13. The summed E-state index contributed by atoms with van der Waals surface area (Å²) in [5, 5.41) is 0. The van der Waals surface area contributed by atoms with E-state index in [-0.39, 0.29) is 0 Å². The normalized spacial score (nSPS) is 38.8. The molecule has 1 aliphatic heterocycles. The summed E-state index contributed by atoms with van der Waals surface area (Å²) >= 11 is 2.11. The van der Waals surface area contributed by atoms with Crippen LogP contribution in [0.5, 0.6) is 0 Å². The van der Waals surface area contributed by atoms with Gasteiger partial charge in [0.05, 0.1) is 0 Å². The number of rotatable bonds is 4. The molecule has 0 spiro atoms. The van der Waals surface area contributed by atoms with Crippen LogP contribution in [-0.4, -0.2) is 41.6 Å². The van der Waals surface area contributed by atoms with E-state index < -0.39 is 0 Å². The second-order valence-electron chi connectivity index (χ2n) is 5.93. The third-order valence-electron chi connectivity index (χ3n) is 5.08. The molecule has 100 valence electrons. The van der Waals surface area contributed by atoms with Gasteiger partial charge in [-0.05, 0) is 38.0 Å². The van der Waals surface area contributed by atoms with Crippen LogP contribution in [0.2, 0.25) is 0 Å². The molecule has 1 heterocycles. The topological polar surface area (TPSA) is 29.3 Å². The van der Waals surface area contributed by atoms with Gasteiger partial charge in [-0.1, -0.05) is 26.2 Å². The number of hydrogen-bond acceptors (Lipinski definition) is 3. The van der Waals surface area contributed by atoms with Gasteiger partial charge >= 0.3 is 0 Å². The maximum Gasteiger partial charge on any atom is 0.0334 e. The Balaban J connectivity index is 2.06. The van der Waals surface area contributed by atoms with Crippen LogP contribution in [0.15, 0.2) is 0 Å². The summed E-state index contributed by atoms with van der Waals surface area (Å²) in [5.74, 6) is 3.56. The minimum Gasteiger partial charge on any atom is -0.329 e. The molecule has 3 heteroatoms. The number of thioether (sulfide) groups is 1. The van der Waals surface area contributed by atoms with Crippen LogP contribution >= 0.6 is 11.8 Å². The Kier molecular flexibility index (Phi) is 4.79. The lowest BCUT2D eigenvalue weighted by atomic mass is 9.73. The predicted molar refractivity (Wildman–Crippen MR) is 77.5 cm³/mol. The van der Waals surface area contributed by atoms with Gasteiger partial charge in [0.15, 0.2) is 0 Å². The summed E-state index contributed by atoms with van der Waals surface area (Å²) in [4.78, 5) is 2.66. The largest absolute Gasteiger partial charge is 0.329 e. The van der Waals surface area contributed by atoms with Crippen LogP contribution in [0.25, 0.3) is 0 Å². The Labute approximate surface area is 111 Å². The Morgan fingerprint density at radius 2 is 2.24 bits per heavy atom. The quantitative estimate of drug-likeness (QED) is 0.838. The lowest BCUT2D eigenvalue weighted by Gasteiger charge is -2.49. The smallest absolute Gasteiger partial charge is 0.0334 e. The van der Waals surface area contributed by atoms with Crippen molar-refractivity contribution in [1.82, 2.24) is 4.90 Å². The standard InChI is InChI=1S/C14H28N2S/c1-3-12-5-4-7-14(9-12,11-15)16(2)13-6-8-17-10-13/h12-13H,3-11,15H2,1-2H3. The SMILES string of the molecule is CCC1CCCC(CN)(N(C)C2CCSC2)C1. The summed E-state index contributed by atoms with van der Waals surface area (Å²) in [6.45, 7) is 3.18. The van der Waals surface area contributed by atoms with Crippen LogP contribution < -0.4 is 5.73 Å².